The van der Waals surface area contributed by atoms with Gasteiger partial charge in [0.25, 0.3) is 5.91 Å². The number of thioether (sulfide) groups is 1. The van der Waals surface area contributed by atoms with Crippen molar-refractivity contribution < 1.29 is 4.79 Å². The van der Waals surface area contributed by atoms with Crippen LogP contribution < -0.4 is 0 Å². The third-order valence-electron chi connectivity index (χ3n) is 3.55. The summed E-state index contributed by atoms with van der Waals surface area (Å²) >= 11 is 1.81. The zero-order valence-electron chi connectivity index (χ0n) is 8.45. The van der Waals surface area contributed by atoms with Gasteiger partial charge >= 0.3 is 0 Å². The molecule has 1 saturated carbocycles. The van der Waals surface area contributed by atoms with E-state index < -0.39 is 0 Å². The topological polar surface area (TPSA) is 20.3 Å². The molecule has 1 saturated heterocycles. The average molecular weight is 209 g/mol. The zero-order valence-corrected chi connectivity index (χ0v) is 9.27. The molecule has 2 atom stereocenters. The number of rotatable bonds is 1. The van der Waals surface area contributed by atoms with Crippen molar-refractivity contribution in [2.75, 3.05) is 13.1 Å². The van der Waals surface area contributed by atoms with Crippen LogP contribution in [0.1, 0.15) is 26.2 Å². The van der Waals surface area contributed by atoms with E-state index in [2.05, 4.69) is 13.0 Å². The van der Waals surface area contributed by atoms with E-state index in [1.165, 1.54) is 19.3 Å². The number of nitrogens with zero attached hydrogens (tertiary/aromatic N) is 1. The van der Waals surface area contributed by atoms with Crippen molar-refractivity contribution in [1.82, 2.24) is 4.90 Å². The molecule has 2 nitrogen and oxygen atoms in total. The van der Waals surface area contributed by atoms with Crippen LogP contribution in [0.3, 0.4) is 0 Å². The van der Waals surface area contributed by atoms with Crippen LogP contribution in [0.2, 0.25) is 0 Å². The lowest BCUT2D eigenvalue weighted by molar-refractivity contribution is -0.125. The lowest BCUT2D eigenvalue weighted by Gasteiger charge is -2.16. The molecule has 0 radical (unpaired) electrons. The molecule has 14 heavy (non-hydrogen) atoms. The molecule has 0 bridgehead atoms. The summed E-state index contributed by atoms with van der Waals surface area (Å²) in [7, 11) is 0. The number of hydrogen-bond donors (Lipinski definition) is 0. The van der Waals surface area contributed by atoms with Crippen molar-refractivity contribution in [1.29, 1.82) is 0 Å². The normalized spacial score (nSPS) is 39.6. The van der Waals surface area contributed by atoms with Crippen molar-refractivity contribution in [3.8, 4) is 0 Å². The highest BCUT2D eigenvalue weighted by atomic mass is 32.2. The Bertz CT molecular complexity index is 319. The van der Waals surface area contributed by atoms with Crippen LogP contribution >= 0.6 is 11.8 Å². The number of fused-ring (bicyclic) bond motifs is 1. The Kier molecular flexibility index (Phi) is 1.76. The monoisotopic (exact) mass is 209 g/mol. The number of amides is 1. The highest BCUT2D eigenvalue weighted by Gasteiger charge is 2.55. The molecule has 3 aliphatic rings. The first-order valence-corrected chi connectivity index (χ1v) is 6.21. The molecular formula is C11H15NOS. The summed E-state index contributed by atoms with van der Waals surface area (Å²) in [4.78, 5) is 15.0. The molecular weight excluding hydrogens is 194 g/mol. The highest BCUT2D eigenvalue weighted by Crippen LogP contribution is 2.62. The van der Waals surface area contributed by atoms with Crippen LogP contribution in [0.4, 0.5) is 0 Å². The summed E-state index contributed by atoms with van der Waals surface area (Å²) in [5.41, 5.74) is 0. The molecule has 0 aromatic rings. The minimum Gasteiger partial charge on any atom is -0.338 e. The minimum absolute atomic E-state index is 0.293. The van der Waals surface area contributed by atoms with Gasteiger partial charge in [0.2, 0.25) is 0 Å². The predicted octanol–water partition coefficient (Wildman–Crippen LogP) is 2.02. The maximum Gasteiger partial charge on any atom is 0.259 e. The SMILES string of the molecule is CC12CC1C=C(C(=O)N1CCCC1)S2. The van der Waals surface area contributed by atoms with Gasteiger partial charge in [-0.25, -0.2) is 0 Å². The first kappa shape index (κ1) is 8.84. The van der Waals surface area contributed by atoms with Gasteiger partial charge in [-0.15, -0.1) is 11.8 Å². The Morgan fingerprint density at radius 1 is 1.57 bits per heavy atom. The van der Waals surface area contributed by atoms with Gasteiger partial charge in [0, 0.05) is 17.8 Å². The Morgan fingerprint density at radius 2 is 2.29 bits per heavy atom. The molecule has 76 valence electrons. The largest absolute Gasteiger partial charge is 0.338 e. The second-order valence-electron chi connectivity index (χ2n) is 4.76. The van der Waals surface area contributed by atoms with Crippen LogP contribution in [-0.2, 0) is 4.79 Å². The maximum absolute atomic E-state index is 12.0. The number of hydrogen-bond acceptors (Lipinski definition) is 2. The van der Waals surface area contributed by atoms with E-state index in [1.54, 1.807) is 11.8 Å². The van der Waals surface area contributed by atoms with Gasteiger partial charge in [0.15, 0.2) is 0 Å². The van der Waals surface area contributed by atoms with Crippen molar-refractivity contribution in [3.63, 3.8) is 0 Å². The van der Waals surface area contributed by atoms with Gasteiger partial charge in [0.1, 0.15) is 0 Å². The van der Waals surface area contributed by atoms with Gasteiger partial charge in [-0.05, 0) is 32.1 Å². The van der Waals surface area contributed by atoms with Crippen LogP contribution in [-0.4, -0.2) is 28.6 Å². The average Bonchev–Trinajstić information content (AvgIpc) is 2.64. The molecule has 0 aromatic carbocycles. The summed E-state index contributed by atoms with van der Waals surface area (Å²) in [6.07, 6.45) is 5.84. The van der Waals surface area contributed by atoms with Crippen LogP contribution in [0, 0.1) is 5.92 Å². The summed E-state index contributed by atoms with van der Waals surface area (Å²) < 4.78 is 0.394. The van der Waals surface area contributed by atoms with Crippen LogP contribution in [0.5, 0.6) is 0 Å². The quantitative estimate of drug-likeness (QED) is 0.658. The lowest BCUT2D eigenvalue weighted by atomic mass is 10.3. The fraction of sp³-hybridized carbons (Fsp3) is 0.727. The highest BCUT2D eigenvalue weighted by molar-refractivity contribution is 8.05. The van der Waals surface area contributed by atoms with E-state index in [-0.39, 0.29) is 0 Å². The van der Waals surface area contributed by atoms with Crippen molar-refractivity contribution in [2.45, 2.75) is 30.9 Å². The van der Waals surface area contributed by atoms with Gasteiger partial charge in [-0.2, -0.15) is 0 Å². The van der Waals surface area contributed by atoms with E-state index in [1.807, 2.05) is 4.90 Å². The summed E-state index contributed by atoms with van der Waals surface area (Å²) in [6, 6.07) is 0. The van der Waals surface area contributed by atoms with Gasteiger partial charge in [-0.3, -0.25) is 4.79 Å². The molecule has 2 fully saturated rings. The third kappa shape index (κ3) is 1.22. The first-order chi connectivity index (χ1) is 6.69. The Hall–Kier alpha value is -0.440. The van der Waals surface area contributed by atoms with Crippen molar-refractivity contribution >= 4 is 17.7 Å². The number of allylic oxidation sites excluding steroid dienone is 1. The molecule has 3 rings (SSSR count). The van der Waals surface area contributed by atoms with Gasteiger partial charge < -0.3 is 4.90 Å². The van der Waals surface area contributed by atoms with E-state index in [4.69, 9.17) is 0 Å². The third-order valence-corrected chi connectivity index (χ3v) is 5.02. The Labute approximate surface area is 88.7 Å². The molecule has 2 heterocycles. The van der Waals surface area contributed by atoms with Gasteiger partial charge in [-0.1, -0.05) is 6.08 Å². The number of carbonyl (C=O) groups excluding carboxylic acids is 1. The number of likely N-dealkylation sites (tertiary alicyclic amines) is 1. The summed E-state index contributed by atoms with van der Waals surface area (Å²) in [5, 5.41) is 0. The second-order valence-corrected chi connectivity index (χ2v) is 6.33. The predicted molar refractivity (Wildman–Crippen MR) is 58.0 cm³/mol. The molecule has 3 heteroatoms. The molecule has 1 aliphatic carbocycles. The van der Waals surface area contributed by atoms with E-state index >= 15 is 0 Å². The van der Waals surface area contributed by atoms with Crippen LogP contribution in [0.15, 0.2) is 11.0 Å². The maximum atomic E-state index is 12.0. The Balaban J connectivity index is 1.71. The summed E-state index contributed by atoms with van der Waals surface area (Å²) in [5.74, 6) is 0.981. The van der Waals surface area contributed by atoms with Crippen LogP contribution in [0.25, 0.3) is 0 Å². The minimum atomic E-state index is 0.293. The lowest BCUT2D eigenvalue weighted by Crippen LogP contribution is -2.28. The fourth-order valence-corrected chi connectivity index (χ4v) is 3.82. The molecule has 0 spiro atoms. The fourth-order valence-electron chi connectivity index (χ4n) is 2.39. The standard InChI is InChI=1S/C11H15NOS/c1-11-7-8(11)6-9(14-11)10(13)12-4-2-3-5-12/h6,8H,2-5,7H2,1H3. The number of carbonyl (C=O) groups is 1. The smallest absolute Gasteiger partial charge is 0.259 e. The second kappa shape index (κ2) is 2.78. The first-order valence-electron chi connectivity index (χ1n) is 5.39. The van der Waals surface area contributed by atoms with E-state index in [0.717, 1.165) is 18.0 Å². The summed E-state index contributed by atoms with van der Waals surface area (Å²) in [6.45, 7) is 4.21. The van der Waals surface area contributed by atoms with E-state index in [9.17, 15) is 4.79 Å². The Morgan fingerprint density at radius 3 is 2.86 bits per heavy atom. The van der Waals surface area contributed by atoms with E-state index in [0.29, 0.717) is 16.6 Å². The molecule has 1 amide bonds. The molecule has 0 aromatic heterocycles. The van der Waals surface area contributed by atoms with Crippen molar-refractivity contribution in [3.05, 3.63) is 11.0 Å². The van der Waals surface area contributed by atoms with Crippen molar-refractivity contribution in [2.24, 2.45) is 5.92 Å². The molecule has 0 N–H and O–H groups in total. The molecule has 2 aliphatic heterocycles. The zero-order chi connectivity index (χ0) is 9.76. The molecule has 2 unspecified atom stereocenters. The van der Waals surface area contributed by atoms with Gasteiger partial charge in [0.05, 0.1) is 4.91 Å².